The number of nitriles is 1. The number of rotatable bonds is 5. The first-order valence-corrected chi connectivity index (χ1v) is 12.2. The van der Waals surface area contributed by atoms with Crippen molar-refractivity contribution in [3.63, 3.8) is 0 Å². The molecular formula is C27H27N7O2. The molecule has 0 atom stereocenters. The maximum absolute atomic E-state index is 13.1. The zero-order valence-corrected chi connectivity index (χ0v) is 19.9. The van der Waals surface area contributed by atoms with Crippen LogP contribution in [0.5, 0.6) is 0 Å². The molecule has 2 aromatic heterocycles. The number of anilines is 2. The molecule has 0 spiro atoms. The summed E-state index contributed by atoms with van der Waals surface area (Å²) in [6.07, 6.45) is 7.00. The van der Waals surface area contributed by atoms with Crippen molar-refractivity contribution in [3.8, 4) is 6.07 Å². The Balaban J connectivity index is 1.18. The summed E-state index contributed by atoms with van der Waals surface area (Å²) >= 11 is 0. The Morgan fingerprint density at radius 2 is 1.69 bits per heavy atom. The van der Waals surface area contributed by atoms with Crippen LogP contribution in [0.4, 0.5) is 11.6 Å². The van der Waals surface area contributed by atoms with Crippen molar-refractivity contribution >= 4 is 23.5 Å². The van der Waals surface area contributed by atoms with Crippen molar-refractivity contribution in [2.45, 2.75) is 31.6 Å². The van der Waals surface area contributed by atoms with E-state index in [9.17, 15) is 9.59 Å². The highest BCUT2D eigenvalue weighted by molar-refractivity contribution is 6.04. The fourth-order valence-electron chi connectivity index (χ4n) is 4.82. The van der Waals surface area contributed by atoms with Crippen LogP contribution in [0.25, 0.3) is 0 Å². The summed E-state index contributed by atoms with van der Waals surface area (Å²) in [5.74, 6) is 0.979. The SMILES string of the molecule is N#Cc1ccc(C2CCN(C(=O)c3cnnc(NC(=O)c4ccc(N5CCCC5)nc4)c3)CC2)cc1. The molecule has 2 aliphatic rings. The van der Waals surface area contributed by atoms with E-state index in [1.165, 1.54) is 11.8 Å². The van der Waals surface area contributed by atoms with Crippen molar-refractivity contribution < 1.29 is 9.59 Å². The van der Waals surface area contributed by atoms with Gasteiger partial charge >= 0.3 is 0 Å². The number of hydrogen-bond acceptors (Lipinski definition) is 7. The molecule has 0 unspecified atom stereocenters. The van der Waals surface area contributed by atoms with Crippen LogP contribution in [-0.2, 0) is 0 Å². The van der Waals surface area contributed by atoms with Crippen LogP contribution < -0.4 is 10.2 Å². The summed E-state index contributed by atoms with van der Waals surface area (Å²) in [5.41, 5.74) is 2.65. The molecule has 2 aliphatic heterocycles. The van der Waals surface area contributed by atoms with E-state index in [2.05, 4.69) is 31.5 Å². The molecule has 2 saturated heterocycles. The molecule has 5 rings (SSSR count). The van der Waals surface area contributed by atoms with Crippen molar-refractivity contribution in [2.24, 2.45) is 0 Å². The highest BCUT2D eigenvalue weighted by Crippen LogP contribution is 2.29. The van der Waals surface area contributed by atoms with E-state index in [1.807, 2.05) is 35.2 Å². The van der Waals surface area contributed by atoms with Gasteiger partial charge in [-0.15, -0.1) is 5.10 Å². The fourth-order valence-corrected chi connectivity index (χ4v) is 4.82. The second kappa shape index (κ2) is 10.5. The molecule has 2 amide bonds. The molecule has 2 fully saturated rings. The molecule has 9 nitrogen and oxygen atoms in total. The number of nitrogens with zero attached hydrogens (tertiary/aromatic N) is 6. The molecule has 4 heterocycles. The molecule has 182 valence electrons. The molecule has 0 radical (unpaired) electrons. The maximum Gasteiger partial charge on any atom is 0.258 e. The van der Waals surface area contributed by atoms with Crippen LogP contribution in [0.1, 0.15) is 63.4 Å². The van der Waals surface area contributed by atoms with Gasteiger partial charge in [0.15, 0.2) is 5.82 Å². The number of nitrogens with one attached hydrogen (secondary N) is 1. The number of hydrogen-bond donors (Lipinski definition) is 1. The number of amides is 2. The van der Waals surface area contributed by atoms with Crippen LogP contribution in [0.3, 0.4) is 0 Å². The van der Waals surface area contributed by atoms with Gasteiger partial charge in [-0.2, -0.15) is 10.4 Å². The first-order chi connectivity index (χ1) is 17.6. The molecular weight excluding hydrogens is 454 g/mol. The van der Waals surface area contributed by atoms with Gasteiger partial charge in [0.25, 0.3) is 11.8 Å². The van der Waals surface area contributed by atoms with E-state index in [0.717, 1.165) is 44.6 Å². The molecule has 9 heteroatoms. The lowest BCUT2D eigenvalue weighted by molar-refractivity contribution is 0.0712. The monoisotopic (exact) mass is 481 g/mol. The third-order valence-electron chi connectivity index (χ3n) is 6.88. The highest BCUT2D eigenvalue weighted by atomic mass is 16.2. The molecule has 1 N–H and O–H groups in total. The van der Waals surface area contributed by atoms with Crippen LogP contribution in [-0.4, -0.2) is 58.1 Å². The van der Waals surface area contributed by atoms with Gasteiger partial charge in [-0.25, -0.2) is 4.98 Å². The predicted octanol–water partition coefficient (Wildman–Crippen LogP) is 3.62. The minimum Gasteiger partial charge on any atom is -0.357 e. The Morgan fingerprint density at radius 3 is 2.36 bits per heavy atom. The van der Waals surface area contributed by atoms with Crippen LogP contribution in [0, 0.1) is 11.3 Å². The summed E-state index contributed by atoms with van der Waals surface area (Å²) < 4.78 is 0. The average Bonchev–Trinajstić information content (AvgIpc) is 3.48. The Morgan fingerprint density at radius 1 is 0.944 bits per heavy atom. The number of benzene rings is 1. The zero-order valence-electron chi connectivity index (χ0n) is 19.9. The van der Waals surface area contributed by atoms with Crippen molar-refractivity contribution in [1.82, 2.24) is 20.1 Å². The Bertz CT molecular complexity index is 1270. The Kier molecular flexibility index (Phi) is 6.85. The fraction of sp³-hybridized carbons (Fsp3) is 0.333. The third kappa shape index (κ3) is 5.18. The smallest absolute Gasteiger partial charge is 0.258 e. The van der Waals surface area contributed by atoms with Gasteiger partial charge < -0.3 is 15.1 Å². The summed E-state index contributed by atoms with van der Waals surface area (Å²) in [5, 5.41) is 19.6. The summed E-state index contributed by atoms with van der Waals surface area (Å²) in [6, 6.07) is 15.0. The summed E-state index contributed by atoms with van der Waals surface area (Å²) in [4.78, 5) is 34.2. The van der Waals surface area contributed by atoms with Crippen LogP contribution in [0.15, 0.2) is 54.9 Å². The second-order valence-corrected chi connectivity index (χ2v) is 9.18. The average molecular weight is 482 g/mol. The highest BCUT2D eigenvalue weighted by Gasteiger charge is 2.25. The Labute approximate surface area is 209 Å². The van der Waals surface area contributed by atoms with Gasteiger partial charge in [-0.1, -0.05) is 12.1 Å². The van der Waals surface area contributed by atoms with Crippen molar-refractivity contribution in [1.29, 1.82) is 5.26 Å². The van der Waals surface area contributed by atoms with Crippen LogP contribution in [0.2, 0.25) is 0 Å². The molecule has 1 aromatic carbocycles. The van der Waals surface area contributed by atoms with E-state index in [4.69, 9.17) is 5.26 Å². The Hall–Kier alpha value is -4.32. The van der Waals surface area contributed by atoms with Crippen LogP contribution >= 0.6 is 0 Å². The number of carbonyl (C=O) groups excluding carboxylic acids is 2. The lowest BCUT2D eigenvalue weighted by atomic mass is 9.89. The van der Waals surface area contributed by atoms with Gasteiger partial charge in [0.05, 0.1) is 29.0 Å². The number of aromatic nitrogens is 3. The number of pyridine rings is 1. The molecule has 36 heavy (non-hydrogen) atoms. The first-order valence-electron chi connectivity index (χ1n) is 12.2. The molecule has 3 aromatic rings. The summed E-state index contributed by atoms with van der Waals surface area (Å²) in [6.45, 7) is 3.23. The largest absolute Gasteiger partial charge is 0.357 e. The van der Waals surface area contributed by atoms with E-state index in [0.29, 0.717) is 35.7 Å². The predicted molar refractivity (Wildman–Crippen MR) is 135 cm³/mol. The number of piperidine rings is 1. The van der Waals surface area contributed by atoms with E-state index < -0.39 is 0 Å². The lowest BCUT2D eigenvalue weighted by Gasteiger charge is -2.32. The van der Waals surface area contributed by atoms with E-state index in [1.54, 1.807) is 18.3 Å². The molecule has 0 aliphatic carbocycles. The van der Waals surface area contributed by atoms with E-state index >= 15 is 0 Å². The van der Waals surface area contributed by atoms with Gasteiger partial charge in [-0.05, 0) is 67.5 Å². The minimum absolute atomic E-state index is 0.129. The second-order valence-electron chi connectivity index (χ2n) is 9.18. The molecule has 0 saturated carbocycles. The topological polar surface area (TPSA) is 115 Å². The minimum atomic E-state index is -0.349. The number of carbonyl (C=O) groups is 2. The van der Waals surface area contributed by atoms with Gasteiger partial charge in [0.2, 0.25) is 0 Å². The van der Waals surface area contributed by atoms with Gasteiger partial charge in [-0.3, -0.25) is 9.59 Å². The van der Waals surface area contributed by atoms with Gasteiger partial charge in [0.1, 0.15) is 5.82 Å². The van der Waals surface area contributed by atoms with Crippen molar-refractivity contribution in [2.75, 3.05) is 36.4 Å². The summed E-state index contributed by atoms with van der Waals surface area (Å²) in [7, 11) is 0. The van der Waals surface area contributed by atoms with Gasteiger partial charge in [0, 0.05) is 32.4 Å². The van der Waals surface area contributed by atoms with Crippen molar-refractivity contribution in [3.05, 3.63) is 77.1 Å². The maximum atomic E-state index is 13.1. The normalized spacial score (nSPS) is 16.0. The number of likely N-dealkylation sites (tertiary alicyclic amines) is 1. The quantitative estimate of drug-likeness (QED) is 0.592. The zero-order chi connectivity index (χ0) is 24.9. The lowest BCUT2D eigenvalue weighted by Crippen LogP contribution is -2.38. The molecule has 0 bridgehead atoms. The third-order valence-corrected chi connectivity index (χ3v) is 6.88. The first kappa shape index (κ1) is 23.4. The van der Waals surface area contributed by atoms with E-state index in [-0.39, 0.29) is 17.6 Å². The standard InChI is InChI=1S/C27H27N7O2/c28-16-19-3-5-20(6-4-19)21-9-13-34(14-10-21)27(36)23-15-24(32-30-18-23)31-26(35)22-7-8-25(29-17-22)33-11-1-2-12-33/h3-8,15,17-18,21H,1-2,9-14H2,(H,31,32,35).